The van der Waals surface area contributed by atoms with E-state index in [9.17, 15) is 9.90 Å². The molecule has 0 aromatic carbocycles. The van der Waals surface area contributed by atoms with Crippen LogP contribution in [0.15, 0.2) is 12.2 Å². The predicted octanol–water partition coefficient (Wildman–Crippen LogP) is 1.64. The lowest BCUT2D eigenvalue weighted by molar-refractivity contribution is -0.103. The van der Waals surface area contributed by atoms with E-state index in [-0.39, 0.29) is 25.4 Å². The Morgan fingerprint density at radius 3 is 2.76 bits per heavy atom. The molecule has 98 valence electrons. The third-order valence-electron chi connectivity index (χ3n) is 2.58. The van der Waals surface area contributed by atoms with Crippen LogP contribution >= 0.6 is 0 Å². The molecular weight excluding hydrogens is 224 g/mol. The average Bonchev–Trinajstić information content (AvgIpc) is 2.26. The SMILES string of the molecule is C=C(C)C1CC(O)CC(COC(=O)OCC)O1. The third-order valence-corrected chi connectivity index (χ3v) is 2.58. The first-order valence-electron chi connectivity index (χ1n) is 5.81. The van der Waals surface area contributed by atoms with Gasteiger partial charge in [-0.25, -0.2) is 4.79 Å². The molecule has 17 heavy (non-hydrogen) atoms. The smallest absolute Gasteiger partial charge is 0.435 e. The van der Waals surface area contributed by atoms with Crippen LogP contribution in [0, 0.1) is 0 Å². The Kier molecular flexibility index (Phi) is 5.44. The van der Waals surface area contributed by atoms with Crippen molar-refractivity contribution in [3.05, 3.63) is 12.2 Å². The highest BCUT2D eigenvalue weighted by atomic mass is 16.7. The number of carbonyl (C=O) groups excluding carboxylic acids is 1. The van der Waals surface area contributed by atoms with Crippen LogP contribution in [-0.4, -0.2) is 42.8 Å². The van der Waals surface area contributed by atoms with Crippen LogP contribution in [0.2, 0.25) is 0 Å². The predicted molar refractivity (Wildman–Crippen MR) is 61.7 cm³/mol. The zero-order valence-corrected chi connectivity index (χ0v) is 10.3. The molecule has 1 aliphatic rings. The fraction of sp³-hybridized carbons (Fsp3) is 0.750. The summed E-state index contributed by atoms with van der Waals surface area (Å²) in [4.78, 5) is 11.0. The molecule has 0 aromatic rings. The van der Waals surface area contributed by atoms with Crippen molar-refractivity contribution in [2.45, 2.75) is 45.0 Å². The molecule has 1 fully saturated rings. The lowest BCUT2D eigenvalue weighted by Crippen LogP contribution is -2.39. The van der Waals surface area contributed by atoms with E-state index in [2.05, 4.69) is 11.3 Å². The molecule has 1 aliphatic heterocycles. The summed E-state index contributed by atoms with van der Waals surface area (Å²) in [5, 5.41) is 9.67. The Balaban J connectivity index is 2.37. The Bertz CT molecular complexity index is 276. The molecule has 0 saturated carbocycles. The number of hydrogen-bond acceptors (Lipinski definition) is 5. The number of aliphatic hydroxyl groups is 1. The Hall–Kier alpha value is -1.07. The molecular formula is C12H20O5. The van der Waals surface area contributed by atoms with Crippen LogP contribution in [0.25, 0.3) is 0 Å². The van der Waals surface area contributed by atoms with E-state index >= 15 is 0 Å². The molecule has 0 bridgehead atoms. The lowest BCUT2D eigenvalue weighted by atomic mass is 9.98. The summed E-state index contributed by atoms with van der Waals surface area (Å²) in [7, 11) is 0. The van der Waals surface area contributed by atoms with E-state index in [4.69, 9.17) is 9.47 Å². The molecule has 0 amide bonds. The topological polar surface area (TPSA) is 65.0 Å². The lowest BCUT2D eigenvalue weighted by Gasteiger charge is -2.33. The molecule has 5 nitrogen and oxygen atoms in total. The number of aliphatic hydroxyl groups excluding tert-OH is 1. The van der Waals surface area contributed by atoms with Crippen LogP contribution in [0.3, 0.4) is 0 Å². The molecule has 1 N–H and O–H groups in total. The number of hydrogen-bond donors (Lipinski definition) is 1. The van der Waals surface area contributed by atoms with Crippen molar-refractivity contribution in [3.63, 3.8) is 0 Å². The first-order chi connectivity index (χ1) is 8.02. The monoisotopic (exact) mass is 244 g/mol. The van der Waals surface area contributed by atoms with Gasteiger partial charge in [0.1, 0.15) is 6.61 Å². The molecule has 3 atom stereocenters. The van der Waals surface area contributed by atoms with E-state index in [1.807, 2.05) is 6.92 Å². The summed E-state index contributed by atoms with van der Waals surface area (Å²) >= 11 is 0. The van der Waals surface area contributed by atoms with Crippen LogP contribution in [0.1, 0.15) is 26.7 Å². The molecule has 0 aliphatic carbocycles. The molecule has 1 saturated heterocycles. The van der Waals surface area contributed by atoms with Crippen LogP contribution < -0.4 is 0 Å². The normalized spacial score (nSPS) is 28.5. The second-order valence-corrected chi connectivity index (χ2v) is 4.21. The van der Waals surface area contributed by atoms with Crippen LogP contribution in [0.5, 0.6) is 0 Å². The Morgan fingerprint density at radius 2 is 2.18 bits per heavy atom. The van der Waals surface area contributed by atoms with Gasteiger partial charge in [-0.1, -0.05) is 12.2 Å². The fourth-order valence-electron chi connectivity index (χ4n) is 1.74. The van der Waals surface area contributed by atoms with Gasteiger partial charge in [0, 0.05) is 12.8 Å². The first kappa shape index (κ1) is 14.0. The van der Waals surface area contributed by atoms with Crippen LogP contribution in [-0.2, 0) is 14.2 Å². The van der Waals surface area contributed by atoms with Gasteiger partial charge in [-0.3, -0.25) is 0 Å². The largest absolute Gasteiger partial charge is 0.508 e. The first-order valence-corrected chi connectivity index (χ1v) is 5.81. The van der Waals surface area contributed by atoms with Gasteiger partial charge < -0.3 is 19.3 Å². The Morgan fingerprint density at radius 1 is 1.47 bits per heavy atom. The van der Waals surface area contributed by atoms with E-state index in [1.165, 1.54) is 0 Å². The van der Waals surface area contributed by atoms with Gasteiger partial charge in [0.05, 0.1) is 24.9 Å². The van der Waals surface area contributed by atoms with Crippen molar-refractivity contribution < 1.29 is 24.1 Å². The van der Waals surface area contributed by atoms with E-state index < -0.39 is 12.3 Å². The number of carbonyl (C=O) groups is 1. The number of ether oxygens (including phenoxy) is 3. The second kappa shape index (κ2) is 6.61. The zero-order chi connectivity index (χ0) is 12.8. The summed E-state index contributed by atoms with van der Waals surface area (Å²) in [5.41, 5.74) is 0.866. The molecule has 0 radical (unpaired) electrons. The third kappa shape index (κ3) is 4.75. The molecule has 5 heteroatoms. The summed E-state index contributed by atoms with van der Waals surface area (Å²) in [6, 6.07) is 0. The van der Waals surface area contributed by atoms with Gasteiger partial charge in [-0.15, -0.1) is 0 Å². The second-order valence-electron chi connectivity index (χ2n) is 4.21. The highest BCUT2D eigenvalue weighted by Gasteiger charge is 2.29. The number of rotatable bonds is 4. The minimum absolute atomic E-state index is 0.0969. The molecule has 1 heterocycles. The van der Waals surface area contributed by atoms with Gasteiger partial charge in [-0.05, 0) is 13.8 Å². The molecule has 0 aromatic heterocycles. The van der Waals surface area contributed by atoms with Crippen LogP contribution in [0.4, 0.5) is 4.79 Å². The maximum absolute atomic E-state index is 11.0. The maximum atomic E-state index is 11.0. The minimum atomic E-state index is -0.706. The maximum Gasteiger partial charge on any atom is 0.508 e. The van der Waals surface area contributed by atoms with Gasteiger partial charge in [0.15, 0.2) is 0 Å². The van der Waals surface area contributed by atoms with Gasteiger partial charge in [0.2, 0.25) is 0 Å². The van der Waals surface area contributed by atoms with E-state index in [1.54, 1.807) is 6.92 Å². The zero-order valence-electron chi connectivity index (χ0n) is 10.3. The van der Waals surface area contributed by atoms with Gasteiger partial charge in [-0.2, -0.15) is 0 Å². The van der Waals surface area contributed by atoms with Crippen molar-refractivity contribution in [1.82, 2.24) is 0 Å². The van der Waals surface area contributed by atoms with Crippen molar-refractivity contribution in [2.24, 2.45) is 0 Å². The molecule has 3 unspecified atom stereocenters. The summed E-state index contributed by atoms with van der Waals surface area (Å²) in [5.74, 6) is 0. The highest BCUT2D eigenvalue weighted by Crippen LogP contribution is 2.23. The fourth-order valence-corrected chi connectivity index (χ4v) is 1.74. The summed E-state index contributed by atoms with van der Waals surface area (Å²) in [6.45, 7) is 7.74. The standard InChI is InChI=1S/C12H20O5/c1-4-15-12(14)16-7-10-5-9(13)6-11(17-10)8(2)3/h9-11,13H,2,4-7H2,1,3H3. The highest BCUT2D eigenvalue weighted by molar-refractivity contribution is 5.59. The molecule has 1 rings (SSSR count). The van der Waals surface area contributed by atoms with Crippen molar-refractivity contribution in [3.8, 4) is 0 Å². The Labute approximate surface area is 101 Å². The van der Waals surface area contributed by atoms with E-state index in [0.29, 0.717) is 12.8 Å². The molecule has 0 spiro atoms. The quantitative estimate of drug-likeness (QED) is 0.601. The van der Waals surface area contributed by atoms with E-state index in [0.717, 1.165) is 5.57 Å². The van der Waals surface area contributed by atoms with Crippen molar-refractivity contribution in [2.75, 3.05) is 13.2 Å². The minimum Gasteiger partial charge on any atom is -0.435 e. The van der Waals surface area contributed by atoms with Gasteiger partial charge in [0.25, 0.3) is 0 Å². The summed E-state index contributed by atoms with van der Waals surface area (Å²) < 4.78 is 15.2. The van der Waals surface area contributed by atoms with Crippen molar-refractivity contribution >= 4 is 6.16 Å². The van der Waals surface area contributed by atoms with Crippen molar-refractivity contribution in [1.29, 1.82) is 0 Å². The van der Waals surface area contributed by atoms with Gasteiger partial charge >= 0.3 is 6.16 Å². The summed E-state index contributed by atoms with van der Waals surface area (Å²) in [6.07, 6.45) is -0.613. The average molecular weight is 244 g/mol.